The lowest BCUT2D eigenvalue weighted by atomic mass is 10.1. The summed E-state index contributed by atoms with van der Waals surface area (Å²) in [5.41, 5.74) is 1.15. The second kappa shape index (κ2) is 10.3. The summed E-state index contributed by atoms with van der Waals surface area (Å²) in [6.45, 7) is 1.25. The summed E-state index contributed by atoms with van der Waals surface area (Å²) in [4.78, 5) is 14.8. The van der Waals surface area contributed by atoms with E-state index in [1.54, 1.807) is 0 Å². The van der Waals surface area contributed by atoms with E-state index in [0.29, 0.717) is 24.7 Å². The molecule has 2 aromatic carbocycles. The lowest BCUT2D eigenvalue weighted by Gasteiger charge is -2.27. The fraction of sp³-hybridized carbons (Fsp3) is 0.409. The highest BCUT2D eigenvalue weighted by atomic mass is 35.5. The molecule has 0 unspecified atom stereocenters. The first kappa shape index (κ1) is 24.0. The number of carbonyl (C=O) groups is 1. The molecule has 2 aromatic rings. The van der Waals surface area contributed by atoms with Gasteiger partial charge in [-0.15, -0.1) is 0 Å². The Balaban J connectivity index is 1.79. The third-order valence-corrected chi connectivity index (χ3v) is 8.19. The number of nitrogens with zero attached hydrogens (tertiary/aromatic N) is 2. The van der Waals surface area contributed by atoms with Gasteiger partial charge in [0.25, 0.3) is 5.91 Å². The van der Waals surface area contributed by atoms with Crippen molar-refractivity contribution < 1.29 is 13.2 Å². The molecular weight excluding hydrogens is 457 g/mol. The second-order valence-electron chi connectivity index (χ2n) is 7.82. The number of likely N-dealkylation sites (N-methyl/N-ethyl adjacent to an activating group) is 1. The highest BCUT2D eigenvalue weighted by Gasteiger charge is 2.29. The second-order valence-corrected chi connectivity index (χ2v) is 10.5. The van der Waals surface area contributed by atoms with Gasteiger partial charge in [0.2, 0.25) is 10.0 Å². The SMILES string of the molecule is CN(C)[C@H](CNC(=O)c1ccc(Cl)c(S(=O)(=O)N2CCCCC2)c1)c1ccccc1Cl. The maximum atomic E-state index is 13.0. The van der Waals surface area contributed by atoms with E-state index in [-0.39, 0.29) is 27.4 Å². The average molecular weight is 484 g/mol. The van der Waals surface area contributed by atoms with Gasteiger partial charge in [0, 0.05) is 30.2 Å². The van der Waals surface area contributed by atoms with Crippen LogP contribution in [0.1, 0.15) is 41.2 Å². The van der Waals surface area contributed by atoms with E-state index in [0.717, 1.165) is 24.8 Å². The molecule has 1 saturated heterocycles. The zero-order valence-corrected chi connectivity index (χ0v) is 20.0. The molecule has 1 aliphatic heterocycles. The molecule has 0 bridgehead atoms. The minimum Gasteiger partial charge on any atom is -0.350 e. The number of sulfonamides is 1. The largest absolute Gasteiger partial charge is 0.350 e. The van der Waals surface area contributed by atoms with Crippen LogP contribution in [0.5, 0.6) is 0 Å². The summed E-state index contributed by atoms with van der Waals surface area (Å²) in [6.07, 6.45) is 2.66. The molecule has 0 radical (unpaired) electrons. The van der Waals surface area contributed by atoms with Crippen LogP contribution in [0, 0.1) is 0 Å². The number of rotatable bonds is 7. The maximum absolute atomic E-state index is 13.0. The van der Waals surface area contributed by atoms with Gasteiger partial charge in [-0.25, -0.2) is 8.42 Å². The summed E-state index contributed by atoms with van der Waals surface area (Å²) in [5, 5.41) is 3.63. The van der Waals surface area contributed by atoms with Crippen LogP contribution in [-0.4, -0.2) is 57.3 Å². The van der Waals surface area contributed by atoms with Crippen molar-refractivity contribution in [1.82, 2.24) is 14.5 Å². The molecule has 0 aromatic heterocycles. The van der Waals surface area contributed by atoms with Crippen LogP contribution >= 0.6 is 23.2 Å². The first-order valence-corrected chi connectivity index (χ1v) is 12.4. The highest BCUT2D eigenvalue weighted by Crippen LogP contribution is 2.28. The predicted molar refractivity (Wildman–Crippen MR) is 124 cm³/mol. The van der Waals surface area contributed by atoms with Gasteiger partial charge in [-0.2, -0.15) is 4.31 Å². The molecule has 1 amide bonds. The van der Waals surface area contributed by atoms with Crippen molar-refractivity contribution in [3.05, 3.63) is 63.6 Å². The fourth-order valence-electron chi connectivity index (χ4n) is 3.69. The quantitative estimate of drug-likeness (QED) is 0.640. The van der Waals surface area contributed by atoms with Crippen LogP contribution in [0.3, 0.4) is 0 Å². The van der Waals surface area contributed by atoms with Crippen LogP contribution in [0.2, 0.25) is 10.0 Å². The highest BCUT2D eigenvalue weighted by molar-refractivity contribution is 7.89. The van der Waals surface area contributed by atoms with Crippen LogP contribution in [-0.2, 0) is 10.0 Å². The number of benzene rings is 2. The first-order chi connectivity index (χ1) is 14.7. The van der Waals surface area contributed by atoms with Gasteiger partial charge < -0.3 is 10.2 Å². The minimum absolute atomic E-state index is 0.0287. The third kappa shape index (κ3) is 5.59. The molecule has 1 atom stereocenters. The van der Waals surface area contributed by atoms with Gasteiger partial charge in [0.1, 0.15) is 4.90 Å². The summed E-state index contributed by atoms with van der Waals surface area (Å²) >= 11 is 12.5. The van der Waals surface area contributed by atoms with E-state index in [1.165, 1.54) is 22.5 Å². The number of nitrogens with one attached hydrogen (secondary N) is 1. The molecule has 3 rings (SSSR count). The summed E-state index contributed by atoms with van der Waals surface area (Å²) in [7, 11) is 0.0706. The number of halogens is 2. The van der Waals surface area contributed by atoms with Crippen molar-refractivity contribution in [2.45, 2.75) is 30.2 Å². The normalized spacial score (nSPS) is 16.3. The van der Waals surface area contributed by atoms with E-state index in [9.17, 15) is 13.2 Å². The fourth-order valence-corrected chi connectivity index (χ4v) is 5.97. The Morgan fingerprint density at radius 3 is 2.39 bits per heavy atom. The Morgan fingerprint density at radius 1 is 1.06 bits per heavy atom. The number of hydrogen-bond acceptors (Lipinski definition) is 4. The number of hydrogen-bond donors (Lipinski definition) is 1. The van der Waals surface area contributed by atoms with Crippen molar-refractivity contribution in [2.75, 3.05) is 33.7 Å². The zero-order valence-electron chi connectivity index (χ0n) is 17.6. The van der Waals surface area contributed by atoms with Gasteiger partial charge in [-0.3, -0.25) is 4.79 Å². The lowest BCUT2D eigenvalue weighted by Crippen LogP contribution is -2.36. The smallest absolute Gasteiger partial charge is 0.251 e. The van der Waals surface area contributed by atoms with Crippen molar-refractivity contribution in [3.8, 4) is 0 Å². The number of amides is 1. The summed E-state index contributed by atoms with van der Waals surface area (Å²) in [6, 6.07) is 11.7. The summed E-state index contributed by atoms with van der Waals surface area (Å²) in [5.74, 6) is -0.370. The minimum atomic E-state index is -3.75. The molecule has 0 saturated carbocycles. The van der Waals surface area contributed by atoms with Crippen LogP contribution in [0.4, 0.5) is 0 Å². The van der Waals surface area contributed by atoms with Gasteiger partial charge in [0.15, 0.2) is 0 Å². The molecule has 1 aliphatic rings. The Kier molecular flexibility index (Phi) is 7.99. The van der Waals surface area contributed by atoms with E-state index in [1.807, 2.05) is 43.3 Å². The van der Waals surface area contributed by atoms with Gasteiger partial charge in [-0.05, 0) is 56.8 Å². The maximum Gasteiger partial charge on any atom is 0.251 e. The number of carbonyl (C=O) groups excluding carboxylic acids is 1. The summed E-state index contributed by atoms with van der Waals surface area (Å²) < 4.78 is 27.5. The van der Waals surface area contributed by atoms with Crippen molar-refractivity contribution in [3.63, 3.8) is 0 Å². The Labute approximate surface area is 194 Å². The standard InChI is InChI=1S/C22H27Cl2N3O3S/c1-26(2)20(17-8-4-5-9-18(17)23)15-25-22(28)16-10-11-19(24)21(14-16)31(29,30)27-12-6-3-7-13-27/h4-5,8-11,14,20H,3,6-7,12-13,15H2,1-2H3,(H,25,28)/t20-/m1/s1. The van der Waals surface area contributed by atoms with Crippen molar-refractivity contribution >= 4 is 39.1 Å². The van der Waals surface area contributed by atoms with E-state index in [4.69, 9.17) is 23.2 Å². The Bertz CT molecular complexity index is 1040. The third-order valence-electron chi connectivity index (χ3n) is 5.47. The monoisotopic (exact) mass is 483 g/mol. The van der Waals surface area contributed by atoms with Gasteiger partial charge in [-0.1, -0.05) is 47.8 Å². The topological polar surface area (TPSA) is 69.7 Å². The molecule has 1 heterocycles. The molecule has 9 heteroatoms. The van der Waals surface area contributed by atoms with E-state index >= 15 is 0 Å². The molecular formula is C22H27Cl2N3O3S. The first-order valence-electron chi connectivity index (χ1n) is 10.2. The van der Waals surface area contributed by atoms with Crippen LogP contribution in [0.25, 0.3) is 0 Å². The van der Waals surface area contributed by atoms with Gasteiger partial charge in [0.05, 0.1) is 11.1 Å². The lowest BCUT2D eigenvalue weighted by molar-refractivity contribution is 0.0941. The van der Waals surface area contributed by atoms with Crippen molar-refractivity contribution in [1.29, 1.82) is 0 Å². The van der Waals surface area contributed by atoms with Crippen LogP contribution < -0.4 is 5.32 Å². The molecule has 1 fully saturated rings. The van der Waals surface area contributed by atoms with Crippen molar-refractivity contribution in [2.24, 2.45) is 0 Å². The average Bonchev–Trinajstić information content (AvgIpc) is 2.75. The molecule has 0 aliphatic carbocycles. The van der Waals surface area contributed by atoms with Crippen LogP contribution in [0.15, 0.2) is 47.4 Å². The Morgan fingerprint density at radius 2 is 1.74 bits per heavy atom. The Hall–Kier alpha value is -1.64. The predicted octanol–water partition coefficient (Wildman–Crippen LogP) is 4.20. The number of piperidine rings is 1. The molecule has 168 valence electrons. The molecule has 1 N–H and O–H groups in total. The zero-order chi connectivity index (χ0) is 22.6. The van der Waals surface area contributed by atoms with E-state index in [2.05, 4.69) is 5.32 Å². The van der Waals surface area contributed by atoms with Gasteiger partial charge >= 0.3 is 0 Å². The molecule has 0 spiro atoms. The van der Waals surface area contributed by atoms with E-state index < -0.39 is 10.0 Å². The molecule has 31 heavy (non-hydrogen) atoms. The molecule has 6 nitrogen and oxygen atoms in total.